The van der Waals surface area contributed by atoms with Gasteiger partial charge in [-0.05, 0) is 143 Å². The molecule has 10 atom stereocenters. The number of aliphatic hydroxyl groups is 1. The maximum atomic E-state index is 12.8. The van der Waals surface area contributed by atoms with Crippen LogP contribution in [0.25, 0.3) is 0 Å². The van der Waals surface area contributed by atoms with Crippen molar-refractivity contribution >= 4 is 22.0 Å². The van der Waals surface area contributed by atoms with Crippen molar-refractivity contribution in [2.45, 2.75) is 181 Å². The standard InChI is InChI=1S/C44H75NO7S/c1-5-6-7-8-9-10-11-12-13-14-15-16-17-18-19-20-42(48)52-35-27-28-43(3)34(31-35)22-23-36-38-25-24-37(44(38,4)40(46)32-39(36)43)33(2)21-26-41(47)45-29-30-53(49,50)51/h9-10,12-13,33-40,46H,5-8,11,14-32H2,1-4H3,(H,45,47)(H,49,50,51)/b10-9-,13-12-. The number of amides is 1. The molecule has 0 bridgehead atoms. The molecule has 3 N–H and O–H groups in total. The first-order valence-electron chi connectivity index (χ1n) is 21.7. The molecular formula is C44H75NO7S. The van der Waals surface area contributed by atoms with Crippen LogP contribution in [0.2, 0.25) is 0 Å². The molecule has 4 saturated carbocycles. The van der Waals surface area contributed by atoms with E-state index in [4.69, 9.17) is 9.29 Å². The van der Waals surface area contributed by atoms with Crippen LogP contribution in [0.4, 0.5) is 0 Å². The molecule has 0 aromatic carbocycles. The van der Waals surface area contributed by atoms with Crippen LogP contribution < -0.4 is 5.32 Å². The lowest BCUT2D eigenvalue weighted by Gasteiger charge is -2.62. The molecule has 9 heteroatoms. The van der Waals surface area contributed by atoms with Crippen molar-refractivity contribution < 1.29 is 32.4 Å². The summed E-state index contributed by atoms with van der Waals surface area (Å²) in [6.45, 7) is 9.15. The number of esters is 1. The normalized spacial score (nSPS) is 33.4. The van der Waals surface area contributed by atoms with Crippen molar-refractivity contribution in [1.82, 2.24) is 5.32 Å². The van der Waals surface area contributed by atoms with E-state index < -0.39 is 15.9 Å². The van der Waals surface area contributed by atoms with Gasteiger partial charge >= 0.3 is 5.97 Å². The number of aliphatic hydroxyl groups excluding tert-OH is 1. The summed E-state index contributed by atoms with van der Waals surface area (Å²) in [5.74, 6) is 2.00. The predicted molar refractivity (Wildman–Crippen MR) is 214 cm³/mol. The van der Waals surface area contributed by atoms with E-state index in [9.17, 15) is 23.1 Å². The first-order valence-corrected chi connectivity index (χ1v) is 23.3. The smallest absolute Gasteiger partial charge is 0.306 e. The summed E-state index contributed by atoms with van der Waals surface area (Å²) in [5.41, 5.74) is -0.00211. The number of ether oxygens (including phenoxy) is 1. The maximum absolute atomic E-state index is 12.8. The Hall–Kier alpha value is -1.71. The third-order valence-corrected chi connectivity index (χ3v) is 15.3. The van der Waals surface area contributed by atoms with Gasteiger partial charge in [0.1, 0.15) is 6.10 Å². The van der Waals surface area contributed by atoms with Crippen LogP contribution in [0.1, 0.15) is 169 Å². The third-order valence-electron chi connectivity index (χ3n) is 14.6. The number of carbonyl (C=O) groups is 2. The van der Waals surface area contributed by atoms with Gasteiger partial charge in [-0.25, -0.2) is 0 Å². The maximum Gasteiger partial charge on any atom is 0.306 e. The second-order valence-electron chi connectivity index (χ2n) is 18.0. The van der Waals surface area contributed by atoms with Crippen LogP contribution in [0.5, 0.6) is 0 Å². The highest BCUT2D eigenvalue weighted by atomic mass is 32.2. The molecule has 4 rings (SSSR count). The molecule has 10 unspecified atom stereocenters. The first kappa shape index (κ1) is 44.0. The quantitative estimate of drug-likeness (QED) is 0.0434. The molecule has 0 spiro atoms. The highest BCUT2D eigenvalue weighted by Crippen LogP contribution is 2.68. The van der Waals surface area contributed by atoms with Crippen LogP contribution in [-0.2, 0) is 24.4 Å². The molecule has 0 heterocycles. The van der Waals surface area contributed by atoms with E-state index in [2.05, 4.69) is 57.3 Å². The van der Waals surface area contributed by atoms with Gasteiger partial charge in [0.25, 0.3) is 10.1 Å². The predicted octanol–water partition coefficient (Wildman–Crippen LogP) is 9.76. The van der Waals surface area contributed by atoms with Gasteiger partial charge in [-0.15, -0.1) is 0 Å². The number of carbonyl (C=O) groups excluding carboxylic acids is 2. The van der Waals surface area contributed by atoms with E-state index >= 15 is 0 Å². The molecular weight excluding hydrogens is 687 g/mol. The molecule has 53 heavy (non-hydrogen) atoms. The highest BCUT2D eigenvalue weighted by molar-refractivity contribution is 7.85. The molecule has 1 amide bonds. The van der Waals surface area contributed by atoms with Crippen LogP contribution in [0.15, 0.2) is 24.3 Å². The SMILES string of the molecule is CCCCC/C=C\C/C=C\CCCCCCCC(=O)OC1CCC2(C)C(CCC3C2CC(O)C2(C)C(C(C)CCC(=O)NCCS(=O)(=O)O)CCC32)C1. The second kappa shape index (κ2) is 21.0. The molecule has 8 nitrogen and oxygen atoms in total. The Morgan fingerprint density at radius 2 is 1.57 bits per heavy atom. The monoisotopic (exact) mass is 762 g/mol. The van der Waals surface area contributed by atoms with E-state index in [0.29, 0.717) is 48.9 Å². The molecule has 4 fully saturated rings. The van der Waals surface area contributed by atoms with Crippen molar-refractivity contribution in [2.75, 3.05) is 12.3 Å². The van der Waals surface area contributed by atoms with Crippen LogP contribution in [0, 0.1) is 46.3 Å². The summed E-state index contributed by atoms with van der Waals surface area (Å²) >= 11 is 0. The number of hydrogen-bond donors (Lipinski definition) is 3. The van der Waals surface area contributed by atoms with Gasteiger partial charge < -0.3 is 15.2 Å². The van der Waals surface area contributed by atoms with Crippen molar-refractivity contribution in [3.8, 4) is 0 Å². The topological polar surface area (TPSA) is 130 Å². The fourth-order valence-corrected chi connectivity index (χ4v) is 11.9. The number of fused-ring (bicyclic) bond motifs is 5. The molecule has 0 aromatic rings. The number of allylic oxidation sites excluding steroid dienone is 4. The van der Waals surface area contributed by atoms with E-state index in [0.717, 1.165) is 64.2 Å². The Kier molecular flexibility index (Phi) is 17.4. The van der Waals surface area contributed by atoms with E-state index in [1.54, 1.807) is 0 Å². The fourth-order valence-electron chi connectivity index (χ4n) is 11.5. The summed E-state index contributed by atoms with van der Waals surface area (Å²) in [4.78, 5) is 25.2. The summed E-state index contributed by atoms with van der Waals surface area (Å²) < 4.78 is 37.0. The van der Waals surface area contributed by atoms with E-state index in [1.807, 2.05) is 0 Å². The number of unbranched alkanes of at least 4 members (excludes halogenated alkanes) is 8. The molecule has 4 aliphatic rings. The minimum atomic E-state index is -4.10. The van der Waals surface area contributed by atoms with Gasteiger partial charge in [0.15, 0.2) is 0 Å². The summed E-state index contributed by atoms with van der Waals surface area (Å²) in [7, 11) is -4.10. The lowest BCUT2D eigenvalue weighted by molar-refractivity contribution is -0.181. The van der Waals surface area contributed by atoms with Crippen LogP contribution >= 0.6 is 0 Å². The molecule has 4 aliphatic carbocycles. The lowest BCUT2D eigenvalue weighted by atomic mass is 9.43. The number of rotatable bonds is 22. The minimum Gasteiger partial charge on any atom is -0.462 e. The van der Waals surface area contributed by atoms with Crippen molar-refractivity contribution in [1.29, 1.82) is 0 Å². The zero-order chi connectivity index (χ0) is 38.5. The summed E-state index contributed by atoms with van der Waals surface area (Å²) in [6, 6.07) is 0. The van der Waals surface area contributed by atoms with E-state index in [-0.39, 0.29) is 47.4 Å². The Labute approximate surface area is 322 Å². The van der Waals surface area contributed by atoms with Gasteiger partial charge in [-0.1, -0.05) is 84.1 Å². The molecule has 0 aliphatic heterocycles. The van der Waals surface area contributed by atoms with Gasteiger partial charge in [-0.3, -0.25) is 14.1 Å². The lowest BCUT2D eigenvalue weighted by Crippen LogP contribution is -2.59. The average Bonchev–Trinajstić information content (AvgIpc) is 3.47. The van der Waals surface area contributed by atoms with Crippen molar-refractivity contribution in [3.63, 3.8) is 0 Å². The molecule has 0 aromatic heterocycles. The Bertz CT molecular complexity index is 1310. The Morgan fingerprint density at radius 3 is 2.28 bits per heavy atom. The average molecular weight is 762 g/mol. The van der Waals surface area contributed by atoms with Gasteiger partial charge in [0.05, 0.1) is 11.9 Å². The summed E-state index contributed by atoms with van der Waals surface area (Å²) in [6.07, 6.45) is 31.6. The Morgan fingerprint density at radius 1 is 0.868 bits per heavy atom. The third kappa shape index (κ3) is 12.4. The number of nitrogens with one attached hydrogen (secondary N) is 1. The zero-order valence-corrected chi connectivity index (χ0v) is 34.6. The van der Waals surface area contributed by atoms with Crippen LogP contribution in [-0.4, -0.2) is 54.5 Å². The van der Waals surface area contributed by atoms with Gasteiger partial charge in [0, 0.05) is 19.4 Å². The molecule has 0 radical (unpaired) electrons. The number of hydrogen-bond acceptors (Lipinski definition) is 6. The molecule has 0 saturated heterocycles. The summed E-state index contributed by atoms with van der Waals surface area (Å²) in [5, 5.41) is 14.6. The Balaban J connectivity index is 1.15. The van der Waals surface area contributed by atoms with E-state index in [1.165, 1.54) is 57.8 Å². The molecule has 304 valence electrons. The minimum absolute atomic E-state index is 0.0239. The second-order valence-corrected chi connectivity index (χ2v) is 19.5. The van der Waals surface area contributed by atoms with Crippen LogP contribution in [0.3, 0.4) is 0 Å². The van der Waals surface area contributed by atoms with Gasteiger partial charge in [-0.2, -0.15) is 8.42 Å². The fraction of sp³-hybridized carbons (Fsp3) is 0.864. The van der Waals surface area contributed by atoms with Crippen molar-refractivity contribution in [2.24, 2.45) is 46.3 Å². The van der Waals surface area contributed by atoms with Gasteiger partial charge in [0.2, 0.25) is 5.91 Å². The van der Waals surface area contributed by atoms with Crippen molar-refractivity contribution in [3.05, 3.63) is 24.3 Å². The largest absolute Gasteiger partial charge is 0.462 e. The highest BCUT2D eigenvalue weighted by Gasteiger charge is 2.63. The zero-order valence-electron chi connectivity index (χ0n) is 33.7. The first-order chi connectivity index (χ1) is 25.3.